The van der Waals surface area contributed by atoms with E-state index in [1.165, 1.54) is 11.8 Å². The van der Waals surface area contributed by atoms with Crippen LogP contribution in [0.2, 0.25) is 0 Å². The van der Waals surface area contributed by atoms with Crippen LogP contribution >= 0.6 is 23.5 Å². The first-order chi connectivity index (χ1) is 6.35. The average Bonchev–Trinajstić information content (AvgIpc) is 1.98. The van der Waals surface area contributed by atoms with Crippen LogP contribution in [0, 0.1) is 0 Å². The molecule has 84 valence electrons. The van der Waals surface area contributed by atoms with E-state index in [9.17, 15) is 4.79 Å². The van der Waals surface area contributed by atoms with Crippen molar-refractivity contribution in [2.24, 2.45) is 5.73 Å². The van der Waals surface area contributed by atoms with Gasteiger partial charge < -0.3 is 5.73 Å². The van der Waals surface area contributed by atoms with Crippen LogP contribution in [0.15, 0.2) is 0 Å². The molecule has 0 aromatic rings. The van der Waals surface area contributed by atoms with Crippen molar-refractivity contribution in [2.45, 2.75) is 44.1 Å². The first kappa shape index (κ1) is 14.3. The molecule has 14 heavy (non-hydrogen) atoms. The number of thioether (sulfide) groups is 2. The molecule has 0 aromatic carbocycles. The smallest absolute Gasteiger partial charge is 0.185 e. The van der Waals surface area contributed by atoms with Gasteiger partial charge in [0.15, 0.2) is 5.12 Å². The van der Waals surface area contributed by atoms with E-state index in [-0.39, 0.29) is 9.86 Å². The van der Waals surface area contributed by atoms with Crippen LogP contribution in [0.4, 0.5) is 0 Å². The van der Waals surface area contributed by atoms with Crippen molar-refractivity contribution < 1.29 is 4.79 Å². The standard InChI is InChI=1S/C10H21NOS2/c1-8(12)13-7-9(5-6-11)14-10(2,3)4/h9H,5-7,11H2,1-4H3/t9-/m1/s1. The third kappa shape index (κ3) is 8.91. The molecule has 0 rings (SSSR count). The molecule has 0 saturated carbocycles. The normalized spacial score (nSPS) is 14.1. The SMILES string of the molecule is CC(=O)SC[C@@H](CCN)SC(C)(C)C. The Balaban J connectivity index is 3.95. The van der Waals surface area contributed by atoms with Gasteiger partial charge in [-0.1, -0.05) is 32.5 Å². The Morgan fingerprint density at radius 2 is 2.00 bits per heavy atom. The highest BCUT2D eigenvalue weighted by Crippen LogP contribution is 2.31. The minimum absolute atomic E-state index is 0.196. The van der Waals surface area contributed by atoms with Crippen molar-refractivity contribution in [2.75, 3.05) is 12.3 Å². The number of rotatable bonds is 5. The van der Waals surface area contributed by atoms with Crippen molar-refractivity contribution in [1.82, 2.24) is 0 Å². The molecule has 4 heteroatoms. The Labute approximate surface area is 95.8 Å². The van der Waals surface area contributed by atoms with Gasteiger partial charge in [-0.05, 0) is 13.0 Å². The summed E-state index contributed by atoms with van der Waals surface area (Å²) in [4.78, 5) is 10.8. The van der Waals surface area contributed by atoms with Gasteiger partial charge in [-0.2, -0.15) is 11.8 Å². The van der Waals surface area contributed by atoms with Gasteiger partial charge in [0.1, 0.15) is 0 Å². The van der Waals surface area contributed by atoms with E-state index in [1.807, 2.05) is 11.8 Å². The summed E-state index contributed by atoms with van der Waals surface area (Å²) in [6.07, 6.45) is 0.988. The molecule has 0 aromatic heterocycles. The lowest BCUT2D eigenvalue weighted by molar-refractivity contribution is -0.109. The molecule has 0 aliphatic heterocycles. The molecule has 0 aliphatic carbocycles. The van der Waals surface area contributed by atoms with Crippen molar-refractivity contribution in [1.29, 1.82) is 0 Å². The van der Waals surface area contributed by atoms with E-state index in [0.29, 0.717) is 11.8 Å². The number of nitrogens with two attached hydrogens (primary N) is 1. The summed E-state index contributed by atoms with van der Waals surface area (Å²) in [6.45, 7) is 8.90. The second-order valence-electron chi connectivity index (χ2n) is 4.23. The van der Waals surface area contributed by atoms with E-state index in [4.69, 9.17) is 5.73 Å². The van der Waals surface area contributed by atoms with E-state index in [0.717, 1.165) is 12.2 Å². The second kappa shape index (κ2) is 6.75. The van der Waals surface area contributed by atoms with Gasteiger partial charge in [0.2, 0.25) is 0 Å². The predicted molar refractivity (Wildman–Crippen MR) is 67.9 cm³/mol. The van der Waals surface area contributed by atoms with Crippen LogP contribution in [-0.2, 0) is 4.79 Å². The minimum Gasteiger partial charge on any atom is -0.330 e. The molecule has 0 spiro atoms. The van der Waals surface area contributed by atoms with Crippen molar-refractivity contribution in [3.05, 3.63) is 0 Å². The Bertz CT molecular complexity index is 177. The first-order valence-electron chi connectivity index (χ1n) is 4.86. The van der Waals surface area contributed by atoms with Gasteiger partial charge >= 0.3 is 0 Å². The fourth-order valence-electron chi connectivity index (χ4n) is 1.07. The fourth-order valence-corrected chi connectivity index (χ4v) is 3.39. The first-order valence-corrected chi connectivity index (χ1v) is 6.73. The van der Waals surface area contributed by atoms with Gasteiger partial charge in [0.05, 0.1) is 0 Å². The molecule has 0 radical (unpaired) electrons. The van der Waals surface area contributed by atoms with E-state index < -0.39 is 0 Å². The maximum absolute atomic E-state index is 10.8. The zero-order valence-electron chi connectivity index (χ0n) is 9.50. The highest BCUT2D eigenvalue weighted by Gasteiger charge is 2.19. The van der Waals surface area contributed by atoms with Crippen LogP contribution in [0.3, 0.4) is 0 Å². The topological polar surface area (TPSA) is 43.1 Å². The number of carbonyl (C=O) groups excluding carboxylic acids is 1. The summed E-state index contributed by atoms with van der Waals surface area (Å²) in [5, 5.41) is 0.690. The third-order valence-corrected chi connectivity index (χ3v) is 4.11. The zero-order valence-corrected chi connectivity index (χ0v) is 11.1. The van der Waals surface area contributed by atoms with E-state index in [2.05, 4.69) is 20.8 Å². The van der Waals surface area contributed by atoms with Gasteiger partial charge in [0, 0.05) is 22.7 Å². The molecule has 0 aliphatic rings. The number of carbonyl (C=O) groups is 1. The molecular formula is C10H21NOS2. The molecule has 0 bridgehead atoms. The number of hydrogen-bond donors (Lipinski definition) is 1. The summed E-state index contributed by atoms with van der Waals surface area (Å²) < 4.78 is 0.247. The second-order valence-corrected chi connectivity index (χ2v) is 7.56. The van der Waals surface area contributed by atoms with Crippen LogP contribution < -0.4 is 5.73 Å². The summed E-state index contributed by atoms with van der Waals surface area (Å²) >= 11 is 3.32. The Morgan fingerprint density at radius 1 is 1.43 bits per heavy atom. The van der Waals surface area contributed by atoms with Crippen molar-refractivity contribution in [3.8, 4) is 0 Å². The van der Waals surface area contributed by atoms with E-state index >= 15 is 0 Å². The summed E-state index contributed by atoms with van der Waals surface area (Å²) in [7, 11) is 0. The minimum atomic E-state index is 0.196. The van der Waals surface area contributed by atoms with Crippen LogP contribution in [0.25, 0.3) is 0 Å². The summed E-state index contributed by atoms with van der Waals surface area (Å²) in [5.41, 5.74) is 5.55. The third-order valence-electron chi connectivity index (χ3n) is 1.48. The molecule has 2 nitrogen and oxygen atoms in total. The lowest BCUT2D eigenvalue weighted by Gasteiger charge is -2.24. The van der Waals surface area contributed by atoms with Gasteiger partial charge in [-0.15, -0.1) is 0 Å². The Morgan fingerprint density at radius 3 is 2.36 bits per heavy atom. The molecule has 0 unspecified atom stereocenters. The lowest BCUT2D eigenvalue weighted by Crippen LogP contribution is -2.21. The Hall–Kier alpha value is 0.330. The molecule has 0 fully saturated rings. The van der Waals surface area contributed by atoms with Gasteiger partial charge in [-0.25, -0.2) is 0 Å². The van der Waals surface area contributed by atoms with Crippen LogP contribution in [-0.4, -0.2) is 27.4 Å². The molecule has 1 atom stereocenters. The monoisotopic (exact) mass is 235 g/mol. The highest BCUT2D eigenvalue weighted by molar-refractivity contribution is 8.14. The lowest BCUT2D eigenvalue weighted by atomic mass is 10.3. The van der Waals surface area contributed by atoms with Crippen LogP contribution in [0.1, 0.15) is 34.1 Å². The molecular weight excluding hydrogens is 214 g/mol. The van der Waals surface area contributed by atoms with Crippen LogP contribution in [0.5, 0.6) is 0 Å². The average molecular weight is 235 g/mol. The zero-order chi connectivity index (χ0) is 11.2. The maximum atomic E-state index is 10.8. The molecule has 0 amide bonds. The van der Waals surface area contributed by atoms with Crippen molar-refractivity contribution in [3.63, 3.8) is 0 Å². The maximum Gasteiger partial charge on any atom is 0.185 e. The van der Waals surface area contributed by atoms with E-state index in [1.54, 1.807) is 6.92 Å². The molecule has 0 saturated heterocycles. The summed E-state index contributed by atoms with van der Waals surface area (Å²) in [6, 6.07) is 0. The molecule has 0 heterocycles. The molecule has 2 N–H and O–H groups in total. The largest absolute Gasteiger partial charge is 0.330 e. The number of hydrogen-bond acceptors (Lipinski definition) is 4. The predicted octanol–water partition coefficient (Wildman–Crippen LogP) is 2.52. The highest BCUT2D eigenvalue weighted by atomic mass is 32.2. The van der Waals surface area contributed by atoms with Gasteiger partial charge in [0.25, 0.3) is 0 Å². The quantitative estimate of drug-likeness (QED) is 0.795. The Kier molecular flexibility index (Phi) is 6.91. The van der Waals surface area contributed by atoms with Gasteiger partial charge in [-0.3, -0.25) is 4.79 Å². The fraction of sp³-hybridized carbons (Fsp3) is 0.900. The summed E-state index contributed by atoms with van der Waals surface area (Å²) in [5.74, 6) is 0.883. The van der Waals surface area contributed by atoms with Crippen molar-refractivity contribution >= 4 is 28.6 Å².